The van der Waals surface area contributed by atoms with Crippen LogP contribution in [0.5, 0.6) is 0 Å². The highest BCUT2D eigenvalue weighted by atomic mass is 16.1. The van der Waals surface area contributed by atoms with Gasteiger partial charge in [-0.3, -0.25) is 4.79 Å². The predicted octanol–water partition coefficient (Wildman–Crippen LogP) is 5.50. The minimum absolute atomic E-state index is 0.0919. The van der Waals surface area contributed by atoms with Crippen LogP contribution in [0.25, 0.3) is 10.9 Å². The number of rotatable bonds is 6. The van der Waals surface area contributed by atoms with Crippen LogP contribution in [-0.4, -0.2) is 15.9 Å². The fourth-order valence-electron chi connectivity index (χ4n) is 3.24. The van der Waals surface area contributed by atoms with E-state index in [1.165, 1.54) is 12.5 Å². The largest absolute Gasteiger partial charge is 0.363 e. The fourth-order valence-corrected chi connectivity index (χ4v) is 3.24. The van der Waals surface area contributed by atoms with Gasteiger partial charge in [0.15, 0.2) is 0 Å². The Bertz CT molecular complexity index is 1160. The van der Waals surface area contributed by atoms with E-state index in [-0.39, 0.29) is 11.9 Å². The first-order chi connectivity index (χ1) is 14.6. The predicted molar refractivity (Wildman–Crippen MR) is 122 cm³/mol. The molecule has 1 amide bonds. The molecule has 0 aliphatic carbocycles. The highest BCUT2D eigenvalue weighted by molar-refractivity contribution is 5.91. The van der Waals surface area contributed by atoms with Gasteiger partial charge in [0.25, 0.3) is 0 Å². The number of anilines is 4. The zero-order valence-electron chi connectivity index (χ0n) is 16.9. The molecular formula is C24H23N5O. The van der Waals surface area contributed by atoms with E-state index >= 15 is 0 Å². The molecule has 0 fully saturated rings. The summed E-state index contributed by atoms with van der Waals surface area (Å²) < 4.78 is 0. The lowest BCUT2D eigenvalue weighted by molar-refractivity contribution is -0.114. The van der Waals surface area contributed by atoms with Crippen molar-refractivity contribution in [1.29, 1.82) is 0 Å². The number of nitrogens with zero attached hydrogens (tertiary/aromatic N) is 2. The molecule has 1 unspecified atom stereocenters. The van der Waals surface area contributed by atoms with E-state index in [0.29, 0.717) is 5.95 Å². The van der Waals surface area contributed by atoms with Gasteiger partial charge in [-0.2, -0.15) is 4.98 Å². The van der Waals surface area contributed by atoms with E-state index in [1.807, 2.05) is 66.7 Å². The van der Waals surface area contributed by atoms with Crippen molar-refractivity contribution >= 4 is 40.0 Å². The Morgan fingerprint density at radius 3 is 2.23 bits per heavy atom. The van der Waals surface area contributed by atoms with Gasteiger partial charge in [-0.05, 0) is 48.9 Å². The molecule has 0 saturated carbocycles. The van der Waals surface area contributed by atoms with Crippen molar-refractivity contribution in [2.24, 2.45) is 0 Å². The standard InChI is InChI=1S/C24H23N5O/c1-16(18-8-4-3-5-9-18)25-23-21-10-6-7-11-22(21)28-24(29-23)27-20-14-12-19(13-15-20)26-17(2)30/h3-16H,1-2H3,(H,26,30)(H2,25,27,28,29). The van der Waals surface area contributed by atoms with Crippen LogP contribution in [0.3, 0.4) is 0 Å². The molecule has 1 aromatic heterocycles. The second-order valence-electron chi connectivity index (χ2n) is 7.07. The smallest absolute Gasteiger partial charge is 0.229 e. The van der Waals surface area contributed by atoms with E-state index in [2.05, 4.69) is 40.0 Å². The number of fused-ring (bicyclic) bond motifs is 1. The molecule has 0 saturated heterocycles. The maximum absolute atomic E-state index is 11.2. The molecule has 0 bridgehead atoms. The molecule has 3 N–H and O–H groups in total. The first-order valence-electron chi connectivity index (χ1n) is 9.81. The van der Waals surface area contributed by atoms with Gasteiger partial charge < -0.3 is 16.0 Å². The average Bonchev–Trinajstić information content (AvgIpc) is 2.75. The number of hydrogen-bond donors (Lipinski definition) is 3. The summed E-state index contributed by atoms with van der Waals surface area (Å²) in [5.74, 6) is 1.18. The minimum atomic E-state index is -0.100. The van der Waals surface area contributed by atoms with E-state index in [1.54, 1.807) is 0 Å². The van der Waals surface area contributed by atoms with Gasteiger partial charge in [0.05, 0.1) is 5.52 Å². The molecule has 1 heterocycles. The highest BCUT2D eigenvalue weighted by Gasteiger charge is 2.12. The summed E-state index contributed by atoms with van der Waals surface area (Å²) in [6.07, 6.45) is 0. The summed E-state index contributed by atoms with van der Waals surface area (Å²) in [6.45, 7) is 3.60. The van der Waals surface area contributed by atoms with Crippen LogP contribution in [-0.2, 0) is 4.79 Å². The molecule has 0 aliphatic rings. The van der Waals surface area contributed by atoms with Gasteiger partial charge in [-0.1, -0.05) is 42.5 Å². The lowest BCUT2D eigenvalue weighted by Gasteiger charge is -2.17. The van der Waals surface area contributed by atoms with Crippen LogP contribution < -0.4 is 16.0 Å². The van der Waals surface area contributed by atoms with E-state index < -0.39 is 0 Å². The molecule has 150 valence electrons. The lowest BCUT2D eigenvalue weighted by Crippen LogP contribution is -2.10. The zero-order valence-corrected chi connectivity index (χ0v) is 16.9. The molecule has 4 aromatic rings. The average molecular weight is 397 g/mol. The number of hydrogen-bond acceptors (Lipinski definition) is 5. The Kier molecular flexibility index (Phi) is 5.57. The van der Waals surface area contributed by atoms with Crippen LogP contribution in [0.2, 0.25) is 0 Å². The Hall–Kier alpha value is -3.93. The maximum Gasteiger partial charge on any atom is 0.229 e. The third kappa shape index (κ3) is 4.55. The van der Waals surface area contributed by atoms with Crippen molar-refractivity contribution in [3.05, 3.63) is 84.4 Å². The quantitative estimate of drug-likeness (QED) is 0.400. The normalized spacial score (nSPS) is 11.7. The first-order valence-corrected chi connectivity index (χ1v) is 9.81. The zero-order chi connectivity index (χ0) is 20.9. The molecule has 0 aliphatic heterocycles. The summed E-state index contributed by atoms with van der Waals surface area (Å²) in [5, 5.41) is 10.5. The molecule has 0 radical (unpaired) electrons. The van der Waals surface area contributed by atoms with E-state index in [9.17, 15) is 4.79 Å². The summed E-state index contributed by atoms with van der Waals surface area (Å²) in [4.78, 5) is 20.6. The highest BCUT2D eigenvalue weighted by Crippen LogP contribution is 2.27. The molecule has 1 atom stereocenters. The summed E-state index contributed by atoms with van der Waals surface area (Å²) >= 11 is 0. The van der Waals surface area contributed by atoms with Gasteiger partial charge >= 0.3 is 0 Å². The number of carbonyl (C=O) groups excluding carboxylic acids is 1. The monoisotopic (exact) mass is 397 g/mol. The number of aromatic nitrogens is 2. The Labute approximate surface area is 175 Å². The van der Waals surface area contributed by atoms with E-state index in [0.717, 1.165) is 28.1 Å². The van der Waals surface area contributed by atoms with Crippen LogP contribution in [0.4, 0.5) is 23.1 Å². The third-order valence-electron chi connectivity index (χ3n) is 4.72. The number of benzene rings is 3. The van der Waals surface area contributed by atoms with Crippen molar-refractivity contribution in [2.75, 3.05) is 16.0 Å². The summed E-state index contributed by atoms with van der Waals surface area (Å²) in [5.41, 5.74) is 3.61. The SMILES string of the molecule is CC(=O)Nc1ccc(Nc2nc(NC(C)c3ccccc3)c3ccccc3n2)cc1. The van der Waals surface area contributed by atoms with Crippen LogP contribution in [0.15, 0.2) is 78.9 Å². The molecule has 30 heavy (non-hydrogen) atoms. The second-order valence-corrected chi connectivity index (χ2v) is 7.07. The van der Waals surface area contributed by atoms with Gasteiger partial charge in [-0.25, -0.2) is 4.98 Å². The number of carbonyl (C=O) groups is 1. The van der Waals surface area contributed by atoms with E-state index in [4.69, 9.17) is 4.98 Å². The van der Waals surface area contributed by atoms with Crippen molar-refractivity contribution < 1.29 is 4.79 Å². The Morgan fingerprint density at radius 2 is 1.50 bits per heavy atom. The van der Waals surface area contributed by atoms with Crippen LogP contribution in [0, 0.1) is 0 Å². The van der Waals surface area contributed by atoms with Crippen molar-refractivity contribution in [3.63, 3.8) is 0 Å². The van der Waals surface area contributed by atoms with Crippen molar-refractivity contribution in [2.45, 2.75) is 19.9 Å². The Balaban J connectivity index is 1.62. The summed E-state index contributed by atoms with van der Waals surface area (Å²) in [6, 6.07) is 25.7. The lowest BCUT2D eigenvalue weighted by atomic mass is 10.1. The van der Waals surface area contributed by atoms with Gasteiger partial charge in [0.2, 0.25) is 11.9 Å². The molecule has 6 heteroatoms. The van der Waals surface area contributed by atoms with Crippen molar-refractivity contribution in [3.8, 4) is 0 Å². The van der Waals surface area contributed by atoms with Gasteiger partial charge in [0.1, 0.15) is 5.82 Å². The van der Waals surface area contributed by atoms with Crippen LogP contribution in [0.1, 0.15) is 25.5 Å². The molecule has 6 nitrogen and oxygen atoms in total. The van der Waals surface area contributed by atoms with Crippen molar-refractivity contribution in [1.82, 2.24) is 9.97 Å². The number of amides is 1. The van der Waals surface area contributed by atoms with Crippen LogP contribution >= 0.6 is 0 Å². The first kappa shape index (κ1) is 19.4. The molecule has 3 aromatic carbocycles. The van der Waals surface area contributed by atoms with Gasteiger partial charge in [0, 0.05) is 29.7 Å². The Morgan fingerprint density at radius 1 is 0.833 bits per heavy atom. The van der Waals surface area contributed by atoms with Gasteiger partial charge in [-0.15, -0.1) is 0 Å². The fraction of sp³-hybridized carbons (Fsp3) is 0.125. The number of nitrogens with one attached hydrogen (secondary N) is 3. The maximum atomic E-state index is 11.2. The molecule has 4 rings (SSSR count). The minimum Gasteiger partial charge on any atom is -0.363 e. The molecular weight excluding hydrogens is 374 g/mol. The topological polar surface area (TPSA) is 78.9 Å². The second kappa shape index (κ2) is 8.61. The number of para-hydroxylation sites is 1. The molecule has 0 spiro atoms. The summed E-state index contributed by atoms with van der Waals surface area (Å²) in [7, 11) is 0. The third-order valence-corrected chi connectivity index (χ3v) is 4.72.